The number of hydrogen-bond acceptors (Lipinski definition) is 6. The molecular formula is C25H26BN7O2. The number of carbonyl (C=O) groups is 1. The van der Waals surface area contributed by atoms with E-state index in [1.54, 1.807) is 23.5 Å². The van der Waals surface area contributed by atoms with Crippen molar-refractivity contribution in [1.29, 1.82) is 0 Å². The number of H-pyrrole nitrogens is 1. The number of aromatic nitrogens is 3. The molecule has 5 rings (SSSR count). The van der Waals surface area contributed by atoms with Crippen molar-refractivity contribution in [3.05, 3.63) is 69.8 Å². The molecule has 1 unspecified atom stereocenters. The molecule has 0 bridgehead atoms. The fourth-order valence-electron chi connectivity index (χ4n) is 4.64. The molecule has 0 spiro atoms. The van der Waals surface area contributed by atoms with Crippen LogP contribution in [0.4, 0.5) is 10.7 Å². The van der Waals surface area contributed by atoms with Crippen LogP contribution in [0.5, 0.6) is 0 Å². The topological polar surface area (TPSA) is 97.8 Å². The van der Waals surface area contributed by atoms with Crippen LogP contribution in [0.2, 0.25) is 0 Å². The highest BCUT2D eigenvalue weighted by molar-refractivity contribution is 6.35. The summed E-state index contributed by atoms with van der Waals surface area (Å²) in [6.45, 7) is 6.39. The van der Waals surface area contributed by atoms with E-state index in [-0.39, 0.29) is 17.6 Å². The lowest BCUT2D eigenvalue weighted by molar-refractivity contribution is 0.139. The highest BCUT2D eigenvalue weighted by Gasteiger charge is 2.33. The zero-order valence-electron chi connectivity index (χ0n) is 19.8. The Labute approximate surface area is 204 Å². The zero-order valence-corrected chi connectivity index (χ0v) is 19.8. The second-order valence-electron chi connectivity index (χ2n) is 8.99. The lowest BCUT2D eigenvalue weighted by Crippen LogP contribution is -2.52. The fourth-order valence-corrected chi connectivity index (χ4v) is 4.64. The average Bonchev–Trinajstić information content (AvgIpc) is 3.34. The van der Waals surface area contributed by atoms with E-state index in [0.717, 1.165) is 5.56 Å². The van der Waals surface area contributed by atoms with Gasteiger partial charge in [-0.1, -0.05) is 34.8 Å². The van der Waals surface area contributed by atoms with Crippen LogP contribution in [0.25, 0.3) is 11.3 Å². The van der Waals surface area contributed by atoms with E-state index in [1.165, 1.54) is 17.2 Å². The van der Waals surface area contributed by atoms with Crippen molar-refractivity contribution in [1.82, 2.24) is 24.9 Å². The maximum Gasteiger partial charge on any atom is 0.341 e. The minimum atomic E-state index is -0.190. The van der Waals surface area contributed by atoms with Crippen LogP contribution in [0.15, 0.2) is 52.6 Å². The lowest BCUT2D eigenvalue weighted by Gasteiger charge is -2.37. The molecule has 0 aliphatic carbocycles. The molecule has 3 aromatic rings. The van der Waals surface area contributed by atoms with Gasteiger partial charge in [0, 0.05) is 62.8 Å². The molecule has 10 heteroatoms. The number of aromatic amines is 1. The Morgan fingerprint density at radius 3 is 2.51 bits per heavy atom. The molecule has 1 N–H and O–H groups in total. The highest BCUT2D eigenvalue weighted by atomic mass is 16.2. The molecular weight excluding hydrogens is 441 g/mol. The van der Waals surface area contributed by atoms with Crippen molar-refractivity contribution >= 4 is 31.5 Å². The SMILES string of the molecule is [B]c1cnc(N2CCN(C(=O)N3N=CCC3c3cc(C)cc(C)c3)CC2)nc1-c1ccc(=O)[nH]c1. The number of piperazine rings is 1. The number of nitrogens with one attached hydrogen (secondary N) is 1. The van der Waals surface area contributed by atoms with E-state index in [0.29, 0.717) is 55.3 Å². The summed E-state index contributed by atoms with van der Waals surface area (Å²) in [6.07, 6.45) is 5.69. The van der Waals surface area contributed by atoms with Gasteiger partial charge < -0.3 is 14.8 Å². The minimum absolute atomic E-state index is 0.0839. The molecule has 1 fully saturated rings. The second-order valence-corrected chi connectivity index (χ2v) is 8.99. The van der Waals surface area contributed by atoms with Gasteiger partial charge in [-0.3, -0.25) is 4.79 Å². The van der Waals surface area contributed by atoms with Crippen molar-refractivity contribution in [2.24, 2.45) is 5.10 Å². The van der Waals surface area contributed by atoms with E-state index in [1.807, 2.05) is 16.0 Å². The molecule has 2 aromatic heterocycles. The maximum atomic E-state index is 13.4. The summed E-state index contributed by atoms with van der Waals surface area (Å²) in [4.78, 5) is 40.3. The van der Waals surface area contributed by atoms with Gasteiger partial charge in [0.25, 0.3) is 0 Å². The summed E-state index contributed by atoms with van der Waals surface area (Å²) in [5.41, 5.74) is 4.98. The number of benzene rings is 1. The molecule has 1 aromatic carbocycles. The molecule has 2 aliphatic rings. The Morgan fingerprint density at radius 1 is 1.09 bits per heavy atom. The number of anilines is 1. The third-order valence-corrected chi connectivity index (χ3v) is 6.35. The number of rotatable bonds is 3. The molecule has 9 nitrogen and oxygen atoms in total. The van der Waals surface area contributed by atoms with Crippen LogP contribution in [0, 0.1) is 13.8 Å². The predicted octanol–water partition coefficient (Wildman–Crippen LogP) is 1.92. The average molecular weight is 467 g/mol. The number of hydrazone groups is 1. The summed E-state index contributed by atoms with van der Waals surface area (Å²) in [5, 5.41) is 6.01. The molecule has 2 aliphatic heterocycles. The van der Waals surface area contributed by atoms with E-state index >= 15 is 0 Å². The number of amides is 2. The first-order chi connectivity index (χ1) is 16.9. The lowest BCUT2D eigenvalue weighted by atomic mass is 9.93. The van der Waals surface area contributed by atoms with Crippen LogP contribution in [0.3, 0.4) is 0 Å². The van der Waals surface area contributed by atoms with Gasteiger partial charge in [-0.2, -0.15) is 5.10 Å². The second kappa shape index (κ2) is 9.36. The first-order valence-corrected chi connectivity index (χ1v) is 11.6. The Balaban J connectivity index is 1.28. The highest BCUT2D eigenvalue weighted by Crippen LogP contribution is 2.31. The van der Waals surface area contributed by atoms with Crippen molar-refractivity contribution in [3.63, 3.8) is 0 Å². The van der Waals surface area contributed by atoms with Gasteiger partial charge in [-0.05, 0) is 25.5 Å². The number of aryl methyl sites for hydroxylation is 2. The van der Waals surface area contributed by atoms with Crippen molar-refractivity contribution in [3.8, 4) is 11.3 Å². The number of urea groups is 1. The number of pyridine rings is 1. The quantitative estimate of drug-likeness (QED) is 0.594. The minimum Gasteiger partial charge on any atom is -0.337 e. The van der Waals surface area contributed by atoms with E-state index in [9.17, 15) is 9.59 Å². The molecule has 176 valence electrons. The molecule has 2 radical (unpaired) electrons. The van der Waals surface area contributed by atoms with Crippen LogP contribution >= 0.6 is 0 Å². The van der Waals surface area contributed by atoms with Crippen molar-refractivity contribution in [2.45, 2.75) is 26.3 Å². The summed E-state index contributed by atoms with van der Waals surface area (Å²) in [6, 6.07) is 9.33. The summed E-state index contributed by atoms with van der Waals surface area (Å²) < 4.78 is 0. The number of hydrogen-bond donors (Lipinski definition) is 1. The standard InChI is InChI=1S/C25H26BN7O2/c1-16-11-17(2)13-19(12-16)21-5-6-29-33(21)25(35)32-9-7-31(8-10-32)24-28-15-20(26)23(30-24)18-3-4-22(34)27-14-18/h3-4,6,11-15,21H,5,7-10H2,1-2H3,(H,27,34). The molecule has 0 saturated carbocycles. The Hall–Kier alpha value is -3.95. The Morgan fingerprint density at radius 2 is 1.83 bits per heavy atom. The van der Waals surface area contributed by atoms with Gasteiger partial charge in [0.05, 0.1) is 11.7 Å². The Kier molecular flexibility index (Phi) is 6.11. The van der Waals surface area contributed by atoms with Crippen LogP contribution < -0.4 is 15.9 Å². The summed E-state index contributed by atoms with van der Waals surface area (Å²) in [5.74, 6) is 0.541. The molecule has 4 heterocycles. The third-order valence-electron chi connectivity index (χ3n) is 6.35. The predicted molar refractivity (Wildman–Crippen MR) is 136 cm³/mol. The monoisotopic (exact) mass is 467 g/mol. The van der Waals surface area contributed by atoms with Gasteiger partial charge in [0.2, 0.25) is 11.5 Å². The fraction of sp³-hybridized carbons (Fsp3) is 0.320. The Bertz CT molecular complexity index is 1310. The van der Waals surface area contributed by atoms with Gasteiger partial charge in [-0.25, -0.2) is 19.8 Å². The first-order valence-electron chi connectivity index (χ1n) is 11.6. The number of carbonyl (C=O) groups excluding carboxylic acids is 1. The normalized spacial score (nSPS) is 17.8. The van der Waals surface area contributed by atoms with Crippen molar-refractivity contribution < 1.29 is 4.79 Å². The zero-order chi connectivity index (χ0) is 24.5. The smallest absolute Gasteiger partial charge is 0.337 e. The molecule has 1 atom stereocenters. The van der Waals surface area contributed by atoms with Crippen molar-refractivity contribution in [2.75, 3.05) is 31.1 Å². The molecule has 2 amide bonds. The first kappa shape index (κ1) is 22.8. The van der Waals surface area contributed by atoms with E-state index < -0.39 is 0 Å². The van der Waals surface area contributed by atoms with E-state index in [4.69, 9.17) is 7.85 Å². The summed E-state index contributed by atoms with van der Waals surface area (Å²) >= 11 is 0. The van der Waals surface area contributed by atoms with Gasteiger partial charge in [0.15, 0.2) is 0 Å². The van der Waals surface area contributed by atoms with Gasteiger partial charge in [-0.15, -0.1) is 0 Å². The van der Waals surface area contributed by atoms with Gasteiger partial charge >= 0.3 is 6.03 Å². The van der Waals surface area contributed by atoms with E-state index in [2.05, 4.69) is 52.1 Å². The number of nitrogens with zero attached hydrogens (tertiary/aromatic N) is 6. The van der Waals surface area contributed by atoms with Crippen LogP contribution in [-0.4, -0.2) is 71.1 Å². The molecule has 35 heavy (non-hydrogen) atoms. The molecule has 1 saturated heterocycles. The van der Waals surface area contributed by atoms with Gasteiger partial charge in [0.1, 0.15) is 7.85 Å². The maximum absolute atomic E-state index is 13.4. The third kappa shape index (κ3) is 4.69. The van der Waals surface area contributed by atoms with Crippen LogP contribution in [-0.2, 0) is 0 Å². The largest absolute Gasteiger partial charge is 0.341 e. The van der Waals surface area contributed by atoms with Crippen LogP contribution in [0.1, 0.15) is 29.2 Å². The summed E-state index contributed by atoms with van der Waals surface area (Å²) in [7, 11) is 6.09.